The molecule has 662 valence electrons. The highest BCUT2D eigenvalue weighted by Gasteiger charge is 2.51. The minimum Gasteiger partial charge on any atom is -0.376 e. The van der Waals surface area contributed by atoms with Crippen molar-refractivity contribution in [3.8, 4) is 123 Å². The molecule has 0 fully saturated rings. The lowest BCUT2D eigenvalue weighted by Crippen LogP contribution is -2.59. The van der Waals surface area contributed by atoms with Gasteiger partial charge < -0.3 is 13.9 Å². The molecular formula is C132H84BN5O2P2. The predicted octanol–water partition coefficient (Wildman–Crippen LogP) is 32.3. The van der Waals surface area contributed by atoms with Crippen molar-refractivity contribution < 1.29 is 9.13 Å². The van der Waals surface area contributed by atoms with Crippen LogP contribution in [0, 0.1) is 0 Å². The first-order chi connectivity index (χ1) is 70.2. The van der Waals surface area contributed by atoms with Gasteiger partial charge in [0.1, 0.15) is 0 Å². The van der Waals surface area contributed by atoms with Crippen molar-refractivity contribution in [3.63, 3.8) is 0 Å². The van der Waals surface area contributed by atoms with Crippen LogP contribution in [0.3, 0.4) is 0 Å². The number of para-hydroxylation sites is 4. The average molecular weight is 1840 g/mol. The highest BCUT2D eigenvalue weighted by molar-refractivity contribution is 7.81. The smallest absolute Gasteiger partial charge is 0.329 e. The summed E-state index contributed by atoms with van der Waals surface area (Å²) in [5.41, 5.74) is 39.1. The topological polar surface area (TPSA) is 53.7 Å². The number of fused-ring (bicyclic) bond motifs is 45. The molecule has 10 heteroatoms. The second-order valence-electron chi connectivity index (χ2n) is 37.8. The Morgan fingerprint density at radius 2 is 0.401 bits per heavy atom. The van der Waals surface area contributed by atoms with Crippen molar-refractivity contribution in [1.82, 2.24) is 9.13 Å². The van der Waals surface area contributed by atoms with Crippen LogP contribution in [0.5, 0.6) is 0 Å². The second kappa shape index (κ2) is 32.0. The molecule has 0 N–H and O–H groups in total. The van der Waals surface area contributed by atoms with Gasteiger partial charge in [-0.3, -0.25) is 18.5 Å². The molecule has 0 saturated carbocycles. The van der Waals surface area contributed by atoms with Crippen LogP contribution in [0.1, 0.15) is 0 Å². The van der Waals surface area contributed by atoms with Gasteiger partial charge in [0, 0.05) is 98.9 Å². The van der Waals surface area contributed by atoms with Crippen LogP contribution >= 0.6 is 14.6 Å². The van der Waals surface area contributed by atoms with Gasteiger partial charge in [-0.15, -0.1) is 0 Å². The normalized spacial score (nSPS) is 13.5. The van der Waals surface area contributed by atoms with Crippen LogP contribution in [0.15, 0.2) is 510 Å². The van der Waals surface area contributed by atoms with E-state index in [1.165, 1.54) is 154 Å². The van der Waals surface area contributed by atoms with Gasteiger partial charge >= 0.3 is 6.85 Å². The Hall–Kier alpha value is -17.6. The van der Waals surface area contributed by atoms with Crippen LogP contribution in [0.2, 0.25) is 0 Å². The Balaban J connectivity index is 0.000000103. The van der Waals surface area contributed by atoms with E-state index >= 15 is 9.13 Å². The summed E-state index contributed by atoms with van der Waals surface area (Å²) >= 11 is 0. The number of benzene rings is 23. The van der Waals surface area contributed by atoms with Gasteiger partial charge in [0.05, 0.1) is 44.8 Å². The lowest BCUT2D eigenvalue weighted by Gasteiger charge is -2.44. The van der Waals surface area contributed by atoms with Gasteiger partial charge in [0.2, 0.25) is 14.6 Å². The molecule has 6 aliphatic rings. The minimum absolute atomic E-state index is 0.0936. The fourth-order valence-electron chi connectivity index (χ4n) is 24.3. The summed E-state index contributed by atoms with van der Waals surface area (Å²) in [5.74, 6) is 0. The van der Waals surface area contributed by atoms with Gasteiger partial charge in [-0.1, -0.05) is 370 Å². The Bertz CT molecular complexity index is 9280. The van der Waals surface area contributed by atoms with E-state index in [0.717, 1.165) is 111 Å². The number of hydrogen-bond acceptors (Lipinski definition) is 3. The molecule has 0 bridgehead atoms. The van der Waals surface area contributed by atoms with E-state index in [2.05, 4.69) is 496 Å². The first-order valence-electron chi connectivity index (χ1n) is 48.8. The molecule has 6 aliphatic heterocycles. The molecule has 25 aromatic rings. The number of anilines is 6. The largest absolute Gasteiger partial charge is 0.376 e. The van der Waals surface area contributed by atoms with Crippen molar-refractivity contribution in [2.24, 2.45) is 0 Å². The minimum atomic E-state index is -3.35. The van der Waals surface area contributed by atoms with Crippen LogP contribution in [-0.4, -0.2) is 16.0 Å². The Labute approximate surface area is 822 Å². The van der Waals surface area contributed by atoms with Gasteiger partial charge in [-0.2, -0.15) is 0 Å². The van der Waals surface area contributed by atoms with E-state index in [1.54, 1.807) is 0 Å². The van der Waals surface area contributed by atoms with Gasteiger partial charge in [0.25, 0.3) is 0 Å². The summed E-state index contributed by atoms with van der Waals surface area (Å²) in [4.78, 5) is 2.59. The zero-order chi connectivity index (χ0) is 93.6. The summed E-state index contributed by atoms with van der Waals surface area (Å²) in [5, 5.41) is 16.3. The lowest BCUT2D eigenvalue weighted by molar-refractivity contribution is 0.586. The maximum absolute atomic E-state index is 16.2. The van der Waals surface area contributed by atoms with Gasteiger partial charge in [-0.05, 0) is 261 Å². The van der Waals surface area contributed by atoms with E-state index < -0.39 is 14.6 Å². The molecule has 0 amide bonds. The van der Waals surface area contributed by atoms with Crippen molar-refractivity contribution in [2.45, 2.75) is 0 Å². The van der Waals surface area contributed by atoms with Crippen LogP contribution in [0.4, 0.5) is 34.1 Å². The molecule has 7 nitrogen and oxygen atoms in total. The lowest BCUT2D eigenvalue weighted by atomic mass is 9.43. The second-order valence-corrected chi connectivity index (χ2v) is 42.8. The van der Waals surface area contributed by atoms with Crippen LogP contribution in [-0.2, 0) is 9.13 Å². The Kier molecular flexibility index (Phi) is 18.4. The molecular weight excluding hydrogens is 1760 g/mol. The number of rotatable bonds is 6. The van der Waals surface area contributed by atoms with Crippen molar-refractivity contribution in [3.05, 3.63) is 510 Å². The SMILES string of the molecule is O=P12c3ccccc3-c3cc(-c4ccccc4)ccc3N1c1ccc(-c3ccccc3)cc1-c1ccccc12.O=P12c3ccccc3-c3cc(-n4c5ccccc5c5ccccc54)ccc3N1c1ccc(-n3c4ccccc4c4ccccc43)cc1-c1ccccc12.c1ccc(-c2ccc3c(c2)-c2ccccc2B2c4ccccc4-c4cc(-c5ccc6c7ccccc7c7ccccc7c6c5)ccc4N23)cc1. The summed E-state index contributed by atoms with van der Waals surface area (Å²) in [7, 11) is -6.55. The summed E-state index contributed by atoms with van der Waals surface area (Å²) in [6.45, 7) is 0.0936. The van der Waals surface area contributed by atoms with E-state index in [0.29, 0.717) is 0 Å². The fourth-order valence-corrected chi connectivity index (χ4v) is 30.8. The Morgan fingerprint density at radius 3 is 0.754 bits per heavy atom. The van der Waals surface area contributed by atoms with Crippen LogP contribution in [0.25, 0.3) is 199 Å². The van der Waals surface area contributed by atoms with Crippen molar-refractivity contribution in [2.75, 3.05) is 14.2 Å². The van der Waals surface area contributed by atoms with E-state index in [9.17, 15) is 0 Å². The molecule has 23 aromatic carbocycles. The molecule has 0 radical (unpaired) electrons. The van der Waals surface area contributed by atoms with E-state index in [4.69, 9.17) is 0 Å². The Morgan fingerprint density at radius 1 is 0.162 bits per heavy atom. The first-order valence-corrected chi connectivity index (χ1v) is 52.1. The monoisotopic (exact) mass is 1840 g/mol. The summed E-state index contributed by atoms with van der Waals surface area (Å²) < 4.78 is 40.9. The molecule has 0 spiro atoms. The average Bonchev–Trinajstić information content (AvgIpc) is 0.727. The first kappa shape index (κ1) is 81.5. The molecule has 2 aromatic heterocycles. The summed E-state index contributed by atoms with van der Waals surface area (Å²) in [6, 6.07) is 183. The standard InChI is InChI=1S/C48H30BN.C48H30N3OP.C36H24NOP/c1-2-12-31(13-3-1)32-23-26-47-43(29-32)40-18-8-10-20-45(40)49-46-21-11-9-19-41(46)44-30-34(24-27-48(44)50(47)49)33-22-25-39-37-16-5-4-14-35(37)36-15-6-7-17-38(36)42(39)28-33;52-53-47-23-11-5-17-37(47)39-29-31(49-41-19-7-1-13-33(41)34-14-2-8-20-42(34)49)25-27-45(39)51(53)46-28-26-32(30-40(46)38-18-6-12-24-48(38)53)50-43-21-9-3-15-35(43)36-16-4-10-22-44(36)50;38-39-35-17-9-7-15-29(35)31-23-27(25-11-3-1-4-12-25)19-21-33(31)37(39)34-22-20-28(26-13-5-2-6-14-26)24-32(34)30-16-8-10-18-36(30)39/h1-30H;1-30H;1-24H. The highest BCUT2D eigenvalue weighted by atomic mass is 31.2. The molecule has 0 saturated heterocycles. The molecule has 8 heterocycles. The van der Waals surface area contributed by atoms with E-state index in [-0.39, 0.29) is 6.85 Å². The zero-order valence-electron chi connectivity index (χ0n) is 77.0. The van der Waals surface area contributed by atoms with Crippen molar-refractivity contribution in [1.29, 1.82) is 0 Å². The third kappa shape index (κ3) is 12.1. The predicted molar refractivity (Wildman–Crippen MR) is 599 cm³/mol. The molecule has 0 aliphatic carbocycles. The van der Waals surface area contributed by atoms with Gasteiger partial charge in [0.15, 0.2) is 0 Å². The molecule has 142 heavy (non-hydrogen) atoms. The molecule has 0 atom stereocenters. The molecule has 0 unspecified atom stereocenters. The zero-order valence-corrected chi connectivity index (χ0v) is 78.8. The molecule has 31 rings (SSSR count). The quantitative estimate of drug-likeness (QED) is 0.0943. The third-order valence-electron chi connectivity index (χ3n) is 30.4. The van der Waals surface area contributed by atoms with Crippen molar-refractivity contribution >= 4 is 164 Å². The number of nitrogens with zero attached hydrogens (tertiary/aromatic N) is 5. The van der Waals surface area contributed by atoms with Crippen LogP contribution < -0.4 is 46.3 Å². The number of hydrogen-bond donors (Lipinski definition) is 0. The maximum atomic E-state index is 16.2. The number of aromatic nitrogens is 2. The highest BCUT2D eigenvalue weighted by Crippen LogP contribution is 2.69. The maximum Gasteiger partial charge on any atom is 0.329 e. The summed E-state index contributed by atoms with van der Waals surface area (Å²) in [6.07, 6.45) is 0. The van der Waals surface area contributed by atoms with E-state index in [1.807, 2.05) is 36.4 Å². The van der Waals surface area contributed by atoms with Gasteiger partial charge in [-0.25, -0.2) is 0 Å². The fraction of sp³-hybridized carbons (Fsp3) is 0. The third-order valence-corrected chi connectivity index (χ3v) is 36.6.